The van der Waals surface area contributed by atoms with Crippen molar-refractivity contribution in [2.24, 2.45) is 0 Å². The first-order valence-electron chi connectivity index (χ1n) is 11.2. The summed E-state index contributed by atoms with van der Waals surface area (Å²) in [6.45, 7) is 10.7. The van der Waals surface area contributed by atoms with Crippen LogP contribution in [0.1, 0.15) is 63.0 Å². The maximum absolute atomic E-state index is 11.3. The zero-order valence-corrected chi connectivity index (χ0v) is 19.3. The number of benzene rings is 3. The Labute approximate surface area is 192 Å². The highest BCUT2D eigenvalue weighted by Gasteiger charge is 2.08. The maximum atomic E-state index is 11.3. The molecule has 0 heterocycles. The first kappa shape index (κ1) is 23.2. The van der Waals surface area contributed by atoms with Crippen LogP contribution in [0.2, 0.25) is 0 Å². The molecule has 0 radical (unpaired) electrons. The fourth-order valence-corrected chi connectivity index (χ4v) is 3.85. The van der Waals surface area contributed by atoms with Crippen molar-refractivity contribution in [3.05, 3.63) is 130 Å². The number of allylic oxidation sites excluding steroid dienone is 3. The number of aryl methyl sites for hydroxylation is 3. The lowest BCUT2D eigenvalue weighted by molar-refractivity contribution is 0.112. The first-order valence-corrected chi connectivity index (χ1v) is 11.2. The van der Waals surface area contributed by atoms with Gasteiger partial charge >= 0.3 is 0 Å². The van der Waals surface area contributed by atoms with E-state index in [2.05, 4.69) is 94.1 Å². The molecule has 0 saturated carbocycles. The number of hydrogen-bond donors (Lipinski definition) is 0. The molecule has 0 aliphatic rings. The van der Waals surface area contributed by atoms with Gasteiger partial charge in [0.15, 0.2) is 0 Å². The van der Waals surface area contributed by atoms with Crippen LogP contribution in [0, 0.1) is 13.8 Å². The SMILES string of the molecule is C=C(/C=C\c1ccc(C)cc1C)/C=C/c1cccc(C(C)CCc2ccccc2C=O)c1. The Morgan fingerprint density at radius 3 is 2.47 bits per heavy atom. The van der Waals surface area contributed by atoms with E-state index in [-0.39, 0.29) is 0 Å². The van der Waals surface area contributed by atoms with Crippen molar-refractivity contribution in [3.8, 4) is 0 Å². The first-order chi connectivity index (χ1) is 15.5. The van der Waals surface area contributed by atoms with Crippen molar-refractivity contribution in [1.29, 1.82) is 0 Å². The van der Waals surface area contributed by atoms with Crippen LogP contribution in [-0.2, 0) is 6.42 Å². The van der Waals surface area contributed by atoms with Crippen LogP contribution in [0.15, 0.2) is 91.0 Å². The molecule has 0 N–H and O–H groups in total. The van der Waals surface area contributed by atoms with Crippen LogP contribution in [0.25, 0.3) is 12.2 Å². The number of aldehydes is 1. The molecule has 3 aromatic carbocycles. The van der Waals surface area contributed by atoms with Gasteiger partial charge in [0.05, 0.1) is 0 Å². The minimum Gasteiger partial charge on any atom is -0.298 e. The smallest absolute Gasteiger partial charge is 0.150 e. The third-order valence-electron chi connectivity index (χ3n) is 5.90. The van der Waals surface area contributed by atoms with Gasteiger partial charge in [-0.1, -0.05) is 110 Å². The Balaban J connectivity index is 1.62. The molecule has 0 aliphatic heterocycles. The van der Waals surface area contributed by atoms with Crippen molar-refractivity contribution in [2.75, 3.05) is 0 Å². The molecular formula is C31H32O. The van der Waals surface area contributed by atoms with Crippen LogP contribution in [0.4, 0.5) is 0 Å². The predicted octanol–water partition coefficient (Wildman–Crippen LogP) is 8.14. The van der Waals surface area contributed by atoms with Crippen molar-refractivity contribution in [1.82, 2.24) is 0 Å². The Kier molecular flexibility index (Phi) is 8.16. The fourth-order valence-electron chi connectivity index (χ4n) is 3.85. The molecule has 0 aromatic heterocycles. The van der Waals surface area contributed by atoms with E-state index in [0.29, 0.717) is 5.92 Å². The van der Waals surface area contributed by atoms with Gasteiger partial charge < -0.3 is 0 Å². The van der Waals surface area contributed by atoms with Crippen LogP contribution in [0.3, 0.4) is 0 Å². The topological polar surface area (TPSA) is 17.1 Å². The quantitative estimate of drug-likeness (QED) is 0.252. The van der Waals surface area contributed by atoms with Crippen molar-refractivity contribution < 1.29 is 4.79 Å². The highest BCUT2D eigenvalue weighted by atomic mass is 16.1. The molecule has 0 aliphatic carbocycles. The van der Waals surface area contributed by atoms with Gasteiger partial charge in [-0.25, -0.2) is 0 Å². The van der Waals surface area contributed by atoms with Gasteiger partial charge in [-0.15, -0.1) is 0 Å². The molecule has 1 unspecified atom stereocenters. The monoisotopic (exact) mass is 420 g/mol. The standard InChI is InChI=1S/C31H32O/c1-23(13-17-28-18-14-24(2)20-26(28)4)12-16-27-8-7-11-30(21-27)25(3)15-19-29-9-5-6-10-31(29)22-32/h5-14,16-18,20-22,25H,1,15,19H2,2-4H3/b16-12+,17-13-. The molecule has 3 rings (SSSR count). The fraction of sp³-hybridized carbons (Fsp3) is 0.194. The number of hydrogen-bond acceptors (Lipinski definition) is 1. The van der Waals surface area contributed by atoms with E-state index in [1.165, 1.54) is 27.8 Å². The number of carbonyl (C=O) groups is 1. The molecule has 0 spiro atoms. The normalized spacial score (nSPS) is 12.3. The summed E-state index contributed by atoms with van der Waals surface area (Å²) in [5.74, 6) is 0.413. The number of carbonyl (C=O) groups excluding carboxylic acids is 1. The van der Waals surface area contributed by atoms with Crippen LogP contribution in [-0.4, -0.2) is 6.29 Å². The number of rotatable bonds is 9. The largest absolute Gasteiger partial charge is 0.298 e. The van der Waals surface area contributed by atoms with E-state index >= 15 is 0 Å². The van der Waals surface area contributed by atoms with Gasteiger partial charge in [-0.2, -0.15) is 0 Å². The van der Waals surface area contributed by atoms with E-state index in [9.17, 15) is 4.79 Å². The summed E-state index contributed by atoms with van der Waals surface area (Å²) >= 11 is 0. The molecule has 3 aromatic rings. The summed E-state index contributed by atoms with van der Waals surface area (Å²) < 4.78 is 0. The van der Waals surface area contributed by atoms with Gasteiger partial charge in [0.2, 0.25) is 0 Å². The van der Waals surface area contributed by atoms with E-state index in [1.807, 2.05) is 24.3 Å². The van der Waals surface area contributed by atoms with E-state index in [1.54, 1.807) is 0 Å². The molecule has 32 heavy (non-hydrogen) atoms. The average Bonchev–Trinajstić information content (AvgIpc) is 2.81. The lowest BCUT2D eigenvalue weighted by atomic mass is 9.91. The zero-order valence-electron chi connectivity index (χ0n) is 19.3. The lowest BCUT2D eigenvalue weighted by Crippen LogP contribution is -1.99. The third-order valence-corrected chi connectivity index (χ3v) is 5.90. The molecule has 0 saturated heterocycles. The predicted molar refractivity (Wildman–Crippen MR) is 138 cm³/mol. The second kappa shape index (κ2) is 11.2. The zero-order chi connectivity index (χ0) is 22.9. The highest BCUT2D eigenvalue weighted by molar-refractivity contribution is 5.77. The maximum Gasteiger partial charge on any atom is 0.150 e. The Bertz CT molecular complexity index is 1150. The van der Waals surface area contributed by atoms with Crippen LogP contribution >= 0.6 is 0 Å². The molecule has 0 amide bonds. The van der Waals surface area contributed by atoms with E-state index in [4.69, 9.17) is 0 Å². The van der Waals surface area contributed by atoms with E-state index < -0.39 is 0 Å². The highest BCUT2D eigenvalue weighted by Crippen LogP contribution is 2.24. The van der Waals surface area contributed by atoms with Gasteiger partial charge in [0, 0.05) is 5.56 Å². The Morgan fingerprint density at radius 2 is 1.69 bits per heavy atom. The van der Waals surface area contributed by atoms with Crippen molar-refractivity contribution >= 4 is 18.4 Å². The average molecular weight is 421 g/mol. The van der Waals surface area contributed by atoms with Crippen molar-refractivity contribution in [2.45, 2.75) is 39.5 Å². The molecular weight excluding hydrogens is 388 g/mol. The molecule has 1 heteroatoms. The van der Waals surface area contributed by atoms with Gasteiger partial charge in [-0.3, -0.25) is 4.79 Å². The molecule has 0 bridgehead atoms. The second-order valence-electron chi connectivity index (χ2n) is 8.53. The molecule has 1 atom stereocenters. The van der Waals surface area contributed by atoms with Crippen LogP contribution < -0.4 is 0 Å². The summed E-state index contributed by atoms with van der Waals surface area (Å²) in [5, 5.41) is 0. The third kappa shape index (κ3) is 6.52. The molecule has 1 nitrogen and oxygen atoms in total. The summed E-state index contributed by atoms with van der Waals surface area (Å²) in [4.78, 5) is 11.3. The second-order valence-corrected chi connectivity index (χ2v) is 8.53. The minimum absolute atomic E-state index is 0.413. The summed E-state index contributed by atoms with van der Waals surface area (Å²) in [6, 6.07) is 23.0. The summed E-state index contributed by atoms with van der Waals surface area (Å²) in [7, 11) is 0. The van der Waals surface area contributed by atoms with Crippen molar-refractivity contribution in [3.63, 3.8) is 0 Å². The van der Waals surface area contributed by atoms with Gasteiger partial charge in [0.1, 0.15) is 6.29 Å². The summed E-state index contributed by atoms with van der Waals surface area (Å²) in [5.41, 5.74) is 9.14. The van der Waals surface area contributed by atoms with Crippen LogP contribution in [0.5, 0.6) is 0 Å². The van der Waals surface area contributed by atoms with Gasteiger partial charge in [-0.05, 0) is 66.0 Å². The lowest BCUT2D eigenvalue weighted by Gasteiger charge is -2.13. The minimum atomic E-state index is 0.413. The van der Waals surface area contributed by atoms with Gasteiger partial charge in [0.25, 0.3) is 0 Å². The molecule has 0 fully saturated rings. The summed E-state index contributed by atoms with van der Waals surface area (Å²) in [6.07, 6.45) is 11.2. The Morgan fingerprint density at radius 1 is 0.906 bits per heavy atom. The molecule has 162 valence electrons. The Hall–Kier alpha value is -3.45. The van der Waals surface area contributed by atoms with E-state index in [0.717, 1.165) is 35.8 Å².